The SMILES string of the molecule is CCNC(=O)c1ccc(Nc2nccc(N3CC[C@@](C#N)(C(C)C)C3=O)n2)cc1. The Morgan fingerprint density at radius 3 is 2.62 bits per heavy atom. The summed E-state index contributed by atoms with van der Waals surface area (Å²) in [5.74, 6) is 0.374. The van der Waals surface area contributed by atoms with Gasteiger partial charge in [0.25, 0.3) is 5.91 Å². The second kappa shape index (κ2) is 8.27. The standard InChI is InChI=1S/C21H24N6O2/c1-4-23-18(28)15-5-7-16(8-6-15)25-20-24-11-9-17(26-20)27-12-10-21(13-22,14(2)3)19(27)29/h5-9,11,14H,4,10,12H2,1-3H3,(H,23,28)(H,24,25,26)/t21-/m1/s1. The first-order valence-electron chi connectivity index (χ1n) is 9.63. The Kier molecular flexibility index (Phi) is 5.78. The number of anilines is 3. The predicted molar refractivity (Wildman–Crippen MR) is 110 cm³/mol. The molecule has 0 bridgehead atoms. The van der Waals surface area contributed by atoms with Gasteiger partial charge in [0.15, 0.2) is 0 Å². The van der Waals surface area contributed by atoms with Gasteiger partial charge in [0.05, 0.1) is 6.07 Å². The fraction of sp³-hybridized carbons (Fsp3) is 0.381. The Balaban J connectivity index is 1.76. The summed E-state index contributed by atoms with van der Waals surface area (Å²) in [6.45, 7) is 6.66. The molecule has 150 valence electrons. The van der Waals surface area contributed by atoms with Crippen LogP contribution in [0.2, 0.25) is 0 Å². The van der Waals surface area contributed by atoms with E-state index in [0.29, 0.717) is 36.8 Å². The lowest BCUT2D eigenvalue weighted by Gasteiger charge is -2.24. The molecule has 1 aromatic carbocycles. The average molecular weight is 392 g/mol. The third-order valence-electron chi connectivity index (χ3n) is 5.20. The summed E-state index contributed by atoms with van der Waals surface area (Å²) < 4.78 is 0. The molecular formula is C21H24N6O2. The Bertz CT molecular complexity index is 950. The Hall–Kier alpha value is -3.47. The van der Waals surface area contributed by atoms with Crippen LogP contribution in [0.5, 0.6) is 0 Å². The molecule has 2 amide bonds. The van der Waals surface area contributed by atoms with E-state index in [1.54, 1.807) is 41.4 Å². The summed E-state index contributed by atoms with van der Waals surface area (Å²) in [6, 6.07) is 10.8. The van der Waals surface area contributed by atoms with Crippen molar-refractivity contribution in [2.75, 3.05) is 23.3 Å². The zero-order valence-corrected chi connectivity index (χ0v) is 16.8. The highest BCUT2D eigenvalue weighted by Crippen LogP contribution is 2.40. The van der Waals surface area contributed by atoms with Crippen LogP contribution in [0.25, 0.3) is 0 Å². The molecule has 0 unspecified atom stereocenters. The van der Waals surface area contributed by atoms with E-state index >= 15 is 0 Å². The lowest BCUT2D eigenvalue weighted by molar-refractivity contribution is -0.124. The average Bonchev–Trinajstić information content (AvgIpc) is 3.06. The molecule has 3 rings (SSSR count). The van der Waals surface area contributed by atoms with Crippen molar-refractivity contribution in [3.63, 3.8) is 0 Å². The topological polar surface area (TPSA) is 111 Å². The number of hydrogen-bond acceptors (Lipinski definition) is 6. The molecule has 29 heavy (non-hydrogen) atoms. The molecule has 8 nitrogen and oxygen atoms in total. The van der Waals surface area contributed by atoms with Crippen LogP contribution in [-0.2, 0) is 4.79 Å². The van der Waals surface area contributed by atoms with Crippen molar-refractivity contribution >= 4 is 29.3 Å². The number of nitrogens with zero attached hydrogens (tertiary/aromatic N) is 4. The predicted octanol–water partition coefficient (Wildman–Crippen LogP) is 2.87. The zero-order valence-electron chi connectivity index (χ0n) is 16.8. The number of amides is 2. The van der Waals surface area contributed by atoms with Crippen LogP contribution >= 0.6 is 0 Å². The van der Waals surface area contributed by atoms with Gasteiger partial charge in [0, 0.05) is 30.5 Å². The van der Waals surface area contributed by atoms with Gasteiger partial charge in [-0.1, -0.05) is 13.8 Å². The van der Waals surface area contributed by atoms with E-state index in [1.165, 1.54) is 0 Å². The third kappa shape index (κ3) is 3.90. The highest BCUT2D eigenvalue weighted by Gasteiger charge is 2.50. The third-order valence-corrected chi connectivity index (χ3v) is 5.20. The Labute approximate surface area is 170 Å². The number of hydrogen-bond donors (Lipinski definition) is 2. The van der Waals surface area contributed by atoms with E-state index in [4.69, 9.17) is 0 Å². The lowest BCUT2D eigenvalue weighted by Crippen LogP contribution is -2.37. The summed E-state index contributed by atoms with van der Waals surface area (Å²) in [4.78, 5) is 35.0. The van der Waals surface area contributed by atoms with E-state index in [2.05, 4.69) is 26.7 Å². The van der Waals surface area contributed by atoms with Crippen molar-refractivity contribution in [2.24, 2.45) is 11.3 Å². The van der Waals surface area contributed by atoms with E-state index in [9.17, 15) is 14.9 Å². The number of rotatable bonds is 6. The smallest absolute Gasteiger partial charge is 0.251 e. The molecule has 2 aromatic rings. The minimum atomic E-state index is -1.01. The van der Waals surface area contributed by atoms with Crippen LogP contribution in [0.3, 0.4) is 0 Å². The fourth-order valence-corrected chi connectivity index (χ4v) is 3.38. The monoisotopic (exact) mass is 392 g/mol. The number of carbonyl (C=O) groups is 2. The van der Waals surface area contributed by atoms with E-state index in [1.807, 2.05) is 20.8 Å². The molecule has 1 aliphatic rings. The molecule has 1 aliphatic heterocycles. The van der Waals surface area contributed by atoms with Crippen LogP contribution < -0.4 is 15.5 Å². The van der Waals surface area contributed by atoms with Crippen molar-refractivity contribution in [3.05, 3.63) is 42.1 Å². The first kappa shape index (κ1) is 20.3. The molecule has 0 spiro atoms. The second-order valence-corrected chi connectivity index (χ2v) is 7.24. The molecule has 0 saturated carbocycles. The molecule has 0 aliphatic carbocycles. The molecule has 1 saturated heterocycles. The van der Waals surface area contributed by atoms with Gasteiger partial charge in [-0.15, -0.1) is 0 Å². The Morgan fingerprint density at radius 1 is 1.31 bits per heavy atom. The fourth-order valence-electron chi connectivity index (χ4n) is 3.38. The molecule has 0 radical (unpaired) electrons. The van der Waals surface area contributed by atoms with E-state index in [-0.39, 0.29) is 17.7 Å². The summed E-state index contributed by atoms with van der Waals surface area (Å²) >= 11 is 0. The number of aromatic nitrogens is 2. The number of nitriles is 1. The van der Waals surface area contributed by atoms with Gasteiger partial charge in [0.1, 0.15) is 11.2 Å². The van der Waals surface area contributed by atoms with Crippen molar-refractivity contribution in [2.45, 2.75) is 27.2 Å². The van der Waals surface area contributed by atoms with E-state index < -0.39 is 5.41 Å². The molecule has 8 heteroatoms. The van der Waals surface area contributed by atoms with Gasteiger partial charge in [-0.05, 0) is 49.6 Å². The van der Waals surface area contributed by atoms with Crippen LogP contribution in [-0.4, -0.2) is 34.9 Å². The summed E-state index contributed by atoms with van der Waals surface area (Å²) in [6.07, 6.45) is 2.05. The minimum absolute atomic E-state index is 0.0761. The normalized spacial score (nSPS) is 18.6. The quantitative estimate of drug-likeness (QED) is 0.782. The largest absolute Gasteiger partial charge is 0.352 e. The van der Waals surface area contributed by atoms with Crippen LogP contribution in [0.4, 0.5) is 17.5 Å². The maximum Gasteiger partial charge on any atom is 0.251 e. The summed E-state index contributed by atoms with van der Waals surface area (Å²) in [5, 5.41) is 15.4. The second-order valence-electron chi connectivity index (χ2n) is 7.24. The van der Waals surface area contributed by atoms with Gasteiger partial charge >= 0.3 is 0 Å². The summed E-state index contributed by atoms with van der Waals surface area (Å²) in [7, 11) is 0. The van der Waals surface area contributed by atoms with Gasteiger partial charge in [-0.25, -0.2) is 4.98 Å². The molecule has 1 fully saturated rings. The van der Waals surface area contributed by atoms with E-state index in [0.717, 1.165) is 5.69 Å². The van der Waals surface area contributed by atoms with Gasteiger partial charge < -0.3 is 10.6 Å². The van der Waals surface area contributed by atoms with Crippen molar-refractivity contribution in [1.82, 2.24) is 15.3 Å². The van der Waals surface area contributed by atoms with Gasteiger partial charge in [-0.3, -0.25) is 14.5 Å². The zero-order chi connectivity index (χ0) is 21.0. The number of nitrogens with one attached hydrogen (secondary N) is 2. The number of benzene rings is 1. The molecule has 2 N–H and O–H groups in total. The number of carbonyl (C=O) groups excluding carboxylic acids is 2. The molecule has 1 aromatic heterocycles. The summed E-state index contributed by atoms with van der Waals surface area (Å²) in [5.41, 5.74) is 0.278. The van der Waals surface area contributed by atoms with Crippen LogP contribution in [0.1, 0.15) is 37.6 Å². The first-order valence-corrected chi connectivity index (χ1v) is 9.63. The van der Waals surface area contributed by atoms with Crippen molar-refractivity contribution in [1.29, 1.82) is 5.26 Å². The molecular weight excluding hydrogens is 368 g/mol. The van der Waals surface area contributed by atoms with Gasteiger partial charge in [0.2, 0.25) is 11.9 Å². The molecule has 2 heterocycles. The van der Waals surface area contributed by atoms with Crippen LogP contribution in [0.15, 0.2) is 36.5 Å². The van der Waals surface area contributed by atoms with Crippen molar-refractivity contribution < 1.29 is 9.59 Å². The van der Waals surface area contributed by atoms with Gasteiger partial charge in [-0.2, -0.15) is 10.2 Å². The van der Waals surface area contributed by atoms with Crippen LogP contribution in [0, 0.1) is 22.7 Å². The Morgan fingerprint density at radius 2 is 2.03 bits per heavy atom. The maximum absolute atomic E-state index is 12.9. The highest BCUT2D eigenvalue weighted by atomic mass is 16.2. The lowest BCUT2D eigenvalue weighted by atomic mass is 9.77. The van der Waals surface area contributed by atoms with Crippen molar-refractivity contribution in [3.8, 4) is 6.07 Å². The maximum atomic E-state index is 12.9. The first-order chi connectivity index (χ1) is 13.9. The minimum Gasteiger partial charge on any atom is -0.352 e. The molecule has 1 atom stereocenters. The highest BCUT2D eigenvalue weighted by molar-refractivity contribution is 6.01.